The molecule has 1 aromatic heterocycles. The first kappa shape index (κ1) is 18.5. The first-order valence-corrected chi connectivity index (χ1v) is 11.3. The number of benzene rings is 3. The molecule has 0 N–H and O–H groups in total. The minimum Gasteiger partial charge on any atom is -0.437 e. The maximum atomic E-state index is 13.3. The van der Waals surface area contributed by atoms with Gasteiger partial charge < -0.3 is 4.42 Å². The highest BCUT2D eigenvalue weighted by Crippen LogP contribution is 2.24. The fourth-order valence-electron chi connectivity index (χ4n) is 2.84. The quantitative estimate of drug-likeness (QED) is 0.435. The average Bonchev–Trinajstić information content (AvgIpc) is 2.74. The van der Waals surface area contributed by atoms with Crippen LogP contribution in [0.5, 0.6) is 0 Å². The van der Waals surface area contributed by atoms with E-state index in [1.54, 1.807) is 54.2 Å². The molecule has 0 amide bonds. The zero-order valence-electron chi connectivity index (χ0n) is 15.1. The summed E-state index contributed by atoms with van der Waals surface area (Å²) in [5.74, 6) is 0. The molecule has 3 aromatic carbocycles. The molecular formula is C22H17NO3S2. The van der Waals surface area contributed by atoms with Crippen LogP contribution in [0.2, 0.25) is 0 Å². The molecule has 0 bridgehead atoms. The van der Waals surface area contributed by atoms with Gasteiger partial charge in [-0.25, -0.2) is 13.4 Å². The summed E-state index contributed by atoms with van der Waals surface area (Å²) in [5.41, 5.74) is 1.28. The van der Waals surface area contributed by atoms with Crippen LogP contribution in [0.15, 0.2) is 109 Å². The average molecular weight is 408 g/mol. The molecule has 0 radical (unpaired) electrons. The van der Waals surface area contributed by atoms with Crippen molar-refractivity contribution in [3.8, 4) is 0 Å². The lowest BCUT2D eigenvalue weighted by atomic mass is 10.2. The molecule has 0 aliphatic rings. The fourth-order valence-corrected chi connectivity index (χ4v) is 4.67. The highest BCUT2D eigenvalue weighted by Gasteiger charge is 2.22. The van der Waals surface area contributed by atoms with E-state index in [2.05, 4.69) is 4.99 Å². The first-order valence-electron chi connectivity index (χ1n) is 8.60. The van der Waals surface area contributed by atoms with Crippen molar-refractivity contribution >= 4 is 38.3 Å². The number of hydrogen-bond acceptors (Lipinski definition) is 5. The topological polar surface area (TPSA) is 59.6 Å². The SMILES string of the molecule is CSc1cccc(N=c2oc3ccccc3cc2S(=O)(=O)c2ccccc2)c1. The highest BCUT2D eigenvalue weighted by molar-refractivity contribution is 7.98. The molecule has 6 heteroatoms. The van der Waals surface area contributed by atoms with Gasteiger partial charge in [0.25, 0.3) is 0 Å². The van der Waals surface area contributed by atoms with Gasteiger partial charge in [0.1, 0.15) is 10.5 Å². The van der Waals surface area contributed by atoms with Gasteiger partial charge in [-0.3, -0.25) is 0 Å². The number of thioether (sulfide) groups is 1. The first-order chi connectivity index (χ1) is 13.6. The summed E-state index contributed by atoms with van der Waals surface area (Å²) in [7, 11) is -3.79. The van der Waals surface area contributed by atoms with Gasteiger partial charge in [0.05, 0.1) is 10.6 Å². The van der Waals surface area contributed by atoms with Crippen molar-refractivity contribution in [3.63, 3.8) is 0 Å². The third-order valence-electron chi connectivity index (χ3n) is 4.25. The largest absolute Gasteiger partial charge is 0.437 e. The van der Waals surface area contributed by atoms with Gasteiger partial charge in [-0.1, -0.05) is 42.5 Å². The molecule has 0 saturated carbocycles. The Balaban J connectivity index is 2.02. The number of rotatable bonds is 4. The van der Waals surface area contributed by atoms with Crippen LogP contribution in [0.25, 0.3) is 11.0 Å². The summed E-state index contributed by atoms with van der Waals surface area (Å²) in [4.78, 5) is 5.82. The smallest absolute Gasteiger partial charge is 0.239 e. The fraction of sp³-hybridized carbons (Fsp3) is 0.0455. The Kier molecular flexibility index (Phi) is 5.07. The summed E-state index contributed by atoms with van der Waals surface area (Å²) in [6, 6.07) is 24.8. The molecule has 0 aliphatic heterocycles. The third kappa shape index (κ3) is 3.61. The Morgan fingerprint density at radius 1 is 0.857 bits per heavy atom. The predicted octanol–water partition coefficient (Wildman–Crippen LogP) is 5.22. The molecule has 4 nitrogen and oxygen atoms in total. The van der Waals surface area contributed by atoms with E-state index in [-0.39, 0.29) is 15.3 Å². The van der Waals surface area contributed by atoms with Crippen LogP contribution in [0.1, 0.15) is 0 Å². The number of para-hydroxylation sites is 1. The Hall–Kier alpha value is -2.83. The van der Waals surface area contributed by atoms with Crippen LogP contribution in [0, 0.1) is 0 Å². The molecule has 0 saturated heterocycles. The molecule has 140 valence electrons. The van der Waals surface area contributed by atoms with Gasteiger partial charge in [0.2, 0.25) is 15.4 Å². The molecule has 1 heterocycles. The normalized spacial score (nSPS) is 12.4. The Bertz CT molecular complexity index is 1310. The summed E-state index contributed by atoms with van der Waals surface area (Å²) < 4.78 is 32.5. The molecule has 0 spiro atoms. The van der Waals surface area contributed by atoms with Gasteiger partial charge in [-0.2, -0.15) is 0 Å². The molecular weight excluding hydrogens is 390 g/mol. The Morgan fingerprint density at radius 3 is 2.39 bits per heavy atom. The molecule has 0 unspecified atom stereocenters. The predicted molar refractivity (Wildman–Crippen MR) is 112 cm³/mol. The maximum Gasteiger partial charge on any atom is 0.239 e. The number of nitrogens with zero attached hydrogens (tertiary/aromatic N) is 1. The van der Waals surface area contributed by atoms with Gasteiger partial charge in [-0.15, -0.1) is 11.8 Å². The lowest BCUT2D eigenvalue weighted by Crippen LogP contribution is -2.15. The Morgan fingerprint density at radius 2 is 1.61 bits per heavy atom. The summed E-state index contributed by atoms with van der Waals surface area (Å²) in [6.07, 6.45) is 1.98. The van der Waals surface area contributed by atoms with Crippen LogP contribution in [0.3, 0.4) is 0 Å². The van der Waals surface area contributed by atoms with Crippen LogP contribution >= 0.6 is 11.8 Å². The van der Waals surface area contributed by atoms with E-state index < -0.39 is 9.84 Å². The van der Waals surface area contributed by atoms with Crippen molar-refractivity contribution in [2.45, 2.75) is 14.7 Å². The monoisotopic (exact) mass is 407 g/mol. The van der Waals surface area contributed by atoms with Crippen molar-refractivity contribution in [2.75, 3.05) is 6.26 Å². The van der Waals surface area contributed by atoms with E-state index in [0.717, 1.165) is 4.90 Å². The van der Waals surface area contributed by atoms with Crippen LogP contribution in [0.4, 0.5) is 5.69 Å². The minimum atomic E-state index is -3.79. The van der Waals surface area contributed by atoms with E-state index >= 15 is 0 Å². The van der Waals surface area contributed by atoms with Crippen molar-refractivity contribution in [1.82, 2.24) is 0 Å². The number of fused-ring (bicyclic) bond motifs is 1. The van der Waals surface area contributed by atoms with Gasteiger partial charge in [0.15, 0.2) is 0 Å². The third-order valence-corrected chi connectivity index (χ3v) is 6.74. The molecule has 0 atom stereocenters. The van der Waals surface area contributed by atoms with E-state index in [0.29, 0.717) is 16.7 Å². The van der Waals surface area contributed by atoms with Crippen LogP contribution in [-0.2, 0) is 9.84 Å². The summed E-state index contributed by atoms with van der Waals surface area (Å²) >= 11 is 1.59. The molecule has 28 heavy (non-hydrogen) atoms. The van der Waals surface area contributed by atoms with E-state index in [4.69, 9.17) is 4.42 Å². The molecule has 0 fully saturated rings. The molecule has 0 aliphatic carbocycles. The standard InChI is InChI=1S/C22H17NO3S2/c1-27-18-10-7-9-17(15-18)23-22-21(14-16-8-5-6-13-20(16)26-22)28(24,25)19-11-3-2-4-12-19/h2-15H,1H3. The van der Waals surface area contributed by atoms with Crippen molar-refractivity contribution < 1.29 is 12.8 Å². The second-order valence-electron chi connectivity index (χ2n) is 6.08. The zero-order chi connectivity index (χ0) is 19.6. The van der Waals surface area contributed by atoms with E-state index in [1.165, 1.54) is 0 Å². The molecule has 4 aromatic rings. The second-order valence-corrected chi connectivity index (χ2v) is 8.88. The van der Waals surface area contributed by atoms with Gasteiger partial charge >= 0.3 is 0 Å². The van der Waals surface area contributed by atoms with Crippen LogP contribution < -0.4 is 5.55 Å². The minimum absolute atomic E-state index is 0.0481. The van der Waals surface area contributed by atoms with E-state index in [9.17, 15) is 8.42 Å². The lowest BCUT2D eigenvalue weighted by Gasteiger charge is -2.07. The van der Waals surface area contributed by atoms with Crippen molar-refractivity contribution in [1.29, 1.82) is 0 Å². The van der Waals surface area contributed by atoms with Crippen LogP contribution in [-0.4, -0.2) is 14.7 Å². The Labute approximate surface area is 167 Å². The summed E-state index contributed by atoms with van der Waals surface area (Å²) in [5, 5.41) is 0.703. The van der Waals surface area contributed by atoms with Crippen molar-refractivity contribution in [3.05, 3.63) is 90.5 Å². The highest BCUT2D eigenvalue weighted by atomic mass is 32.2. The summed E-state index contributed by atoms with van der Waals surface area (Å²) in [6.45, 7) is 0. The number of hydrogen-bond donors (Lipinski definition) is 0. The van der Waals surface area contributed by atoms with E-state index in [1.807, 2.05) is 48.7 Å². The second kappa shape index (κ2) is 7.66. The number of sulfone groups is 1. The van der Waals surface area contributed by atoms with Crippen molar-refractivity contribution in [2.24, 2.45) is 4.99 Å². The maximum absolute atomic E-state index is 13.3. The lowest BCUT2D eigenvalue weighted by molar-refractivity contribution is 0.517. The zero-order valence-corrected chi connectivity index (χ0v) is 16.7. The van der Waals surface area contributed by atoms with Gasteiger partial charge in [0, 0.05) is 10.3 Å². The molecule has 4 rings (SSSR count). The van der Waals surface area contributed by atoms with Gasteiger partial charge in [-0.05, 0) is 48.7 Å².